The second-order valence-electron chi connectivity index (χ2n) is 9.54. The summed E-state index contributed by atoms with van der Waals surface area (Å²) in [5.74, 6) is 2.32. The van der Waals surface area contributed by atoms with Gasteiger partial charge in [0.1, 0.15) is 5.75 Å². The van der Waals surface area contributed by atoms with Crippen molar-refractivity contribution in [2.24, 2.45) is 17.3 Å². The molecule has 3 aliphatic rings. The van der Waals surface area contributed by atoms with Crippen molar-refractivity contribution in [3.8, 4) is 5.75 Å². The van der Waals surface area contributed by atoms with Gasteiger partial charge in [0.2, 0.25) is 0 Å². The van der Waals surface area contributed by atoms with Crippen molar-refractivity contribution < 1.29 is 14.9 Å². The summed E-state index contributed by atoms with van der Waals surface area (Å²) in [6.07, 6.45) is 9.59. The van der Waals surface area contributed by atoms with E-state index in [-0.39, 0.29) is 5.41 Å². The molecule has 0 amide bonds. The molecule has 3 nitrogen and oxygen atoms in total. The second-order valence-corrected chi connectivity index (χ2v) is 9.54. The van der Waals surface area contributed by atoms with Crippen LogP contribution in [0.3, 0.4) is 0 Å². The molecule has 5 atom stereocenters. The Morgan fingerprint density at radius 2 is 2.00 bits per heavy atom. The number of aryl methyl sites for hydroxylation is 1. The predicted octanol–water partition coefficient (Wildman–Crippen LogP) is 5.19. The molecule has 3 aliphatic carbocycles. The fourth-order valence-corrected chi connectivity index (χ4v) is 6.80. The van der Waals surface area contributed by atoms with Crippen molar-refractivity contribution in [3.05, 3.63) is 29.3 Å². The summed E-state index contributed by atoms with van der Waals surface area (Å²) in [4.78, 5) is 0. The van der Waals surface area contributed by atoms with Crippen LogP contribution in [0, 0.1) is 17.3 Å². The lowest BCUT2D eigenvalue weighted by atomic mass is 9.53. The Morgan fingerprint density at radius 3 is 2.81 bits per heavy atom. The Morgan fingerprint density at radius 1 is 1.15 bits per heavy atom. The highest BCUT2D eigenvalue weighted by atomic mass is 16.5. The van der Waals surface area contributed by atoms with Crippen molar-refractivity contribution >= 4 is 0 Å². The normalized spacial score (nSPS) is 37.5. The lowest BCUT2D eigenvalue weighted by molar-refractivity contribution is -0.110. The van der Waals surface area contributed by atoms with E-state index in [1.807, 2.05) is 12.1 Å². The lowest BCUT2D eigenvalue weighted by Crippen LogP contribution is -2.50. The molecule has 0 spiro atoms. The minimum absolute atomic E-state index is 0.0490. The van der Waals surface area contributed by atoms with E-state index >= 15 is 0 Å². The number of hydrogen-bond donors (Lipinski definition) is 2. The van der Waals surface area contributed by atoms with Gasteiger partial charge in [-0.15, -0.1) is 0 Å². The van der Waals surface area contributed by atoms with E-state index in [0.717, 1.165) is 58.2 Å². The Bertz CT molecular complexity index is 672. The van der Waals surface area contributed by atoms with E-state index in [1.165, 1.54) is 24.0 Å². The molecule has 0 saturated heterocycles. The van der Waals surface area contributed by atoms with Crippen LogP contribution in [0.5, 0.6) is 5.75 Å². The largest absolute Gasteiger partial charge is 0.508 e. The van der Waals surface area contributed by atoms with E-state index in [4.69, 9.17) is 4.74 Å². The van der Waals surface area contributed by atoms with Gasteiger partial charge >= 0.3 is 0 Å². The molecule has 150 valence electrons. The van der Waals surface area contributed by atoms with Crippen LogP contribution in [-0.4, -0.2) is 29.0 Å². The van der Waals surface area contributed by atoms with Gasteiger partial charge in [0.15, 0.2) is 0 Å². The van der Waals surface area contributed by atoms with Crippen molar-refractivity contribution in [2.75, 3.05) is 13.2 Å². The van der Waals surface area contributed by atoms with Gasteiger partial charge in [-0.1, -0.05) is 19.9 Å². The third-order valence-electron chi connectivity index (χ3n) is 8.26. The SMILES string of the molecule is CCCOCCC[C@]1(O)CC[C@H]2[C@@H]3CCc4cc(O)ccc4[C@H]3CC[C@@]21C. The van der Waals surface area contributed by atoms with E-state index in [2.05, 4.69) is 19.9 Å². The highest BCUT2D eigenvalue weighted by molar-refractivity contribution is 5.40. The molecule has 1 aromatic carbocycles. The number of rotatable bonds is 6. The first kappa shape index (κ1) is 19.3. The third kappa shape index (κ3) is 3.21. The first-order valence-corrected chi connectivity index (χ1v) is 11.1. The zero-order chi connectivity index (χ0) is 19.1. The molecule has 27 heavy (non-hydrogen) atoms. The molecule has 1 aromatic rings. The molecular formula is C24H36O3. The number of benzene rings is 1. The van der Waals surface area contributed by atoms with Gasteiger partial charge in [-0.25, -0.2) is 0 Å². The van der Waals surface area contributed by atoms with E-state index in [0.29, 0.717) is 23.5 Å². The summed E-state index contributed by atoms with van der Waals surface area (Å²) in [6, 6.07) is 5.99. The Balaban J connectivity index is 1.49. The number of aromatic hydroxyl groups is 1. The fraction of sp³-hybridized carbons (Fsp3) is 0.750. The highest BCUT2D eigenvalue weighted by Crippen LogP contribution is 2.65. The molecular weight excluding hydrogens is 336 g/mol. The fourth-order valence-electron chi connectivity index (χ4n) is 6.80. The quantitative estimate of drug-likeness (QED) is 0.676. The Hall–Kier alpha value is -1.06. The summed E-state index contributed by atoms with van der Waals surface area (Å²) < 4.78 is 5.66. The van der Waals surface area contributed by atoms with Crippen LogP contribution in [0.2, 0.25) is 0 Å². The monoisotopic (exact) mass is 372 g/mol. The first-order valence-electron chi connectivity index (χ1n) is 11.1. The van der Waals surface area contributed by atoms with E-state index < -0.39 is 5.60 Å². The zero-order valence-corrected chi connectivity index (χ0v) is 17.0. The van der Waals surface area contributed by atoms with Gasteiger partial charge in [0.25, 0.3) is 0 Å². The van der Waals surface area contributed by atoms with Crippen molar-refractivity contribution in [1.82, 2.24) is 0 Å². The number of ether oxygens (including phenoxy) is 1. The molecule has 2 N–H and O–H groups in total. The Kier molecular flexibility index (Phi) is 5.28. The standard InChI is InChI=1S/C24H36O3/c1-3-14-27-15-4-11-24(26)13-10-22-21-7-5-17-16-18(25)6-8-19(17)20(21)9-12-23(22,24)2/h6,8,16,20-22,25-26H,3-5,7,9-15H2,1-2H3/t20-,21-,22+,23+,24+/m1/s1. The minimum Gasteiger partial charge on any atom is -0.508 e. The van der Waals surface area contributed by atoms with Gasteiger partial charge in [-0.3, -0.25) is 0 Å². The van der Waals surface area contributed by atoms with Crippen LogP contribution in [-0.2, 0) is 11.2 Å². The zero-order valence-electron chi connectivity index (χ0n) is 17.0. The van der Waals surface area contributed by atoms with Gasteiger partial charge in [0, 0.05) is 13.2 Å². The van der Waals surface area contributed by atoms with Gasteiger partial charge < -0.3 is 14.9 Å². The Labute approximate surface area is 164 Å². The van der Waals surface area contributed by atoms with E-state index in [1.54, 1.807) is 0 Å². The summed E-state index contributed by atoms with van der Waals surface area (Å²) >= 11 is 0. The molecule has 2 saturated carbocycles. The molecule has 3 heteroatoms. The molecule has 0 heterocycles. The summed E-state index contributed by atoms with van der Waals surface area (Å²) in [5.41, 5.74) is 2.34. The van der Waals surface area contributed by atoms with Crippen LogP contribution in [0.1, 0.15) is 82.3 Å². The molecule has 0 unspecified atom stereocenters. The molecule has 0 aliphatic heterocycles. The van der Waals surface area contributed by atoms with Gasteiger partial charge in [0.05, 0.1) is 5.60 Å². The van der Waals surface area contributed by atoms with Crippen LogP contribution >= 0.6 is 0 Å². The van der Waals surface area contributed by atoms with Crippen LogP contribution in [0.15, 0.2) is 18.2 Å². The molecule has 0 radical (unpaired) electrons. The van der Waals surface area contributed by atoms with Crippen molar-refractivity contribution in [2.45, 2.75) is 83.2 Å². The maximum absolute atomic E-state index is 11.6. The number of hydrogen-bond acceptors (Lipinski definition) is 3. The van der Waals surface area contributed by atoms with E-state index in [9.17, 15) is 10.2 Å². The van der Waals surface area contributed by atoms with Gasteiger partial charge in [-0.05, 0) is 104 Å². The van der Waals surface area contributed by atoms with Crippen molar-refractivity contribution in [3.63, 3.8) is 0 Å². The number of aliphatic hydroxyl groups is 1. The minimum atomic E-state index is -0.520. The number of phenolic OH excluding ortho intramolecular Hbond substituents is 1. The molecule has 2 fully saturated rings. The lowest BCUT2D eigenvalue weighted by Gasteiger charge is -2.53. The number of phenols is 1. The molecule has 0 bridgehead atoms. The number of fused-ring (bicyclic) bond motifs is 5. The smallest absolute Gasteiger partial charge is 0.115 e. The summed E-state index contributed by atoms with van der Waals surface area (Å²) in [5, 5.41) is 21.5. The van der Waals surface area contributed by atoms with Crippen molar-refractivity contribution in [1.29, 1.82) is 0 Å². The van der Waals surface area contributed by atoms with Crippen LogP contribution < -0.4 is 0 Å². The highest BCUT2D eigenvalue weighted by Gasteiger charge is 2.60. The maximum Gasteiger partial charge on any atom is 0.115 e. The first-order chi connectivity index (χ1) is 13.0. The molecule has 0 aromatic heterocycles. The third-order valence-corrected chi connectivity index (χ3v) is 8.26. The topological polar surface area (TPSA) is 49.7 Å². The predicted molar refractivity (Wildman–Crippen MR) is 108 cm³/mol. The van der Waals surface area contributed by atoms with Gasteiger partial charge in [-0.2, -0.15) is 0 Å². The van der Waals surface area contributed by atoms with Crippen LogP contribution in [0.4, 0.5) is 0 Å². The molecule has 4 rings (SSSR count). The summed E-state index contributed by atoms with van der Waals surface area (Å²) in [6.45, 7) is 6.12. The average molecular weight is 373 g/mol. The average Bonchev–Trinajstić information content (AvgIpc) is 2.92. The summed E-state index contributed by atoms with van der Waals surface area (Å²) in [7, 11) is 0. The maximum atomic E-state index is 11.6. The second kappa shape index (κ2) is 7.40. The van der Waals surface area contributed by atoms with Crippen LogP contribution in [0.25, 0.3) is 0 Å².